The van der Waals surface area contributed by atoms with Crippen LogP contribution in [0.1, 0.15) is 44.6 Å². The van der Waals surface area contributed by atoms with Crippen molar-refractivity contribution in [1.29, 1.82) is 0 Å². The quantitative estimate of drug-likeness (QED) is 0.502. The number of aromatic nitrogens is 2. The number of carbonyl (C=O) groups is 1. The molecule has 0 saturated heterocycles. The van der Waals surface area contributed by atoms with E-state index in [9.17, 15) is 4.79 Å². The molecule has 0 spiro atoms. The monoisotopic (exact) mass is 438 g/mol. The van der Waals surface area contributed by atoms with E-state index in [-0.39, 0.29) is 17.9 Å². The maximum atomic E-state index is 12.6. The normalized spacial score (nSPS) is 12.2. The van der Waals surface area contributed by atoms with E-state index >= 15 is 0 Å². The van der Waals surface area contributed by atoms with E-state index in [1.165, 1.54) is 5.56 Å². The van der Waals surface area contributed by atoms with Gasteiger partial charge in [0.25, 0.3) is 0 Å². The third kappa shape index (κ3) is 5.75. The first-order chi connectivity index (χ1) is 14.9. The molecule has 2 N–H and O–H groups in total. The molecule has 1 unspecified atom stereocenters. The molecule has 0 aliphatic rings. The van der Waals surface area contributed by atoms with Crippen LogP contribution in [-0.2, 0) is 11.3 Å². The van der Waals surface area contributed by atoms with Crippen LogP contribution in [0.15, 0.2) is 60.8 Å². The van der Waals surface area contributed by atoms with Crippen LogP contribution in [0, 0.1) is 5.92 Å². The van der Waals surface area contributed by atoms with Gasteiger partial charge in [-0.2, -0.15) is 0 Å². The lowest BCUT2D eigenvalue weighted by Crippen LogP contribution is -2.38. The van der Waals surface area contributed by atoms with E-state index < -0.39 is 0 Å². The van der Waals surface area contributed by atoms with Crippen LogP contribution in [0.25, 0.3) is 11.3 Å². The number of hydrogen-bond acceptors (Lipinski definition) is 3. The summed E-state index contributed by atoms with van der Waals surface area (Å²) < 4.78 is 2.16. The van der Waals surface area contributed by atoms with Gasteiger partial charge in [-0.15, -0.1) is 0 Å². The third-order valence-electron chi connectivity index (χ3n) is 5.36. The fraction of sp³-hybridized carbons (Fsp3) is 0.360. The second-order valence-electron chi connectivity index (χ2n) is 8.15. The van der Waals surface area contributed by atoms with Gasteiger partial charge >= 0.3 is 0 Å². The predicted molar refractivity (Wildman–Crippen MR) is 127 cm³/mol. The van der Waals surface area contributed by atoms with Crippen LogP contribution in [-0.4, -0.2) is 33.4 Å². The van der Waals surface area contributed by atoms with Crippen molar-refractivity contribution in [2.75, 3.05) is 13.1 Å². The summed E-state index contributed by atoms with van der Waals surface area (Å²) in [6, 6.07) is 17.8. The summed E-state index contributed by atoms with van der Waals surface area (Å²) in [4.78, 5) is 19.5. The van der Waals surface area contributed by atoms with Gasteiger partial charge in [-0.25, -0.2) is 4.98 Å². The largest absolute Gasteiger partial charge is 0.332 e. The van der Waals surface area contributed by atoms with Crippen molar-refractivity contribution in [3.8, 4) is 11.3 Å². The number of hydrogen-bond donors (Lipinski definition) is 1. The summed E-state index contributed by atoms with van der Waals surface area (Å²) in [5.74, 6) is 1.09. The standard InChI is InChI=1S/C25H31ClN4O/c1-18(2)24(30(19(3)31)14-8-13-27)25-28-23(21-11-7-12-22(26)15-21)17-29(25)16-20-9-5-4-6-10-20/h4-7,9-12,15,17-18,24H,8,13-14,16,27H2,1-3H3. The average Bonchev–Trinajstić information content (AvgIpc) is 3.14. The van der Waals surface area contributed by atoms with Crippen LogP contribution in [0.3, 0.4) is 0 Å². The summed E-state index contributed by atoms with van der Waals surface area (Å²) in [6.07, 6.45) is 2.81. The molecule has 0 aliphatic heterocycles. The van der Waals surface area contributed by atoms with Crippen LogP contribution in [0.5, 0.6) is 0 Å². The Morgan fingerprint density at radius 1 is 1.16 bits per heavy atom. The van der Waals surface area contributed by atoms with Crippen molar-refractivity contribution < 1.29 is 4.79 Å². The fourth-order valence-electron chi connectivity index (χ4n) is 3.91. The SMILES string of the molecule is CC(=O)N(CCCN)C(c1nc(-c2cccc(Cl)c2)cn1Cc1ccccc1)C(C)C. The van der Waals surface area contributed by atoms with E-state index in [1.54, 1.807) is 6.92 Å². The third-order valence-corrected chi connectivity index (χ3v) is 5.60. The molecule has 0 radical (unpaired) electrons. The highest BCUT2D eigenvalue weighted by Crippen LogP contribution is 2.32. The Morgan fingerprint density at radius 3 is 2.52 bits per heavy atom. The maximum Gasteiger partial charge on any atom is 0.220 e. The Labute approximate surface area is 189 Å². The second-order valence-corrected chi connectivity index (χ2v) is 8.59. The number of amides is 1. The summed E-state index contributed by atoms with van der Waals surface area (Å²) in [7, 11) is 0. The molecule has 5 nitrogen and oxygen atoms in total. The summed E-state index contributed by atoms with van der Waals surface area (Å²) >= 11 is 6.23. The van der Waals surface area contributed by atoms with Gasteiger partial charge in [-0.3, -0.25) is 4.79 Å². The van der Waals surface area contributed by atoms with E-state index in [0.717, 1.165) is 23.5 Å². The average molecular weight is 439 g/mol. The molecule has 0 fully saturated rings. The van der Waals surface area contributed by atoms with Gasteiger partial charge in [0.2, 0.25) is 5.91 Å². The minimum absolute atomic E-state index is 0.0331. The molecular weight excluding hydrogens is 408 g/mol. The summed E-state index contributed by atoms with van der Waals surface area (Å²) in [6.45, 7) is 7.71. The number of rotatable bonds is 9. The van der Waals surface area contributed by atoms with Crippen LogP contribution < -0.4 is 5.73 Å². The van der Waals surface area contributed by atoms with Crippen LogP contribution in [0.4, 0.5) is 0 Å². The molecule has 1 aromatic heterocycles. The fourth-order valence-corrected chi connectivity index (χ4v) is 4.10. The maximum absolute atomic E-state index is 12.6. The first-order valence-electron chi connectivity index (χ1n) is 10.7. The molecule has 164 valence electrons. The number of carbonyl (C=O) groups excluding carboxylic acids is 1. The number of halogens is 1. The zero-order valence-corrected chi connectivity index (χ0v) is 19.2. The molecule has 0 saturated carbocycles. The Bertz CT molecular complexity index is 1000. The minimum atomic E-state index is -0.152. The first kappa shape index (κ1) is 23.0. The molecule has 1 amide bonds. The van der Waals surface area contributed by atoms with E-state index in [4.69, 9.17) is 22.3 Å². The molecule has 0 aliphatic carbocycles. The van der Waals surface area contributed by atoms with Gasteiger partial charge in [-0.05, 0) is 36.6 Å². The first-order valence-corrected chi connectivity index (χ1v) is 11.1. The highest BCUT2D eigenvalue weighted by atomic mass is 35.5. The minimum Gasteiger partial charge on any atom is -0.332 e. The highest BCUT2D eigenvalue weighted by Gasteiger charge is 2.30. The molecule has 1 heterocycles. The molecular formula is C25H31ClN4O. The van der Waals surface area contributed by atoms with Gasteiger partial charge in [0.1, 0.15) is 5.82 Å². The Morgan fingerprint density at radius 2 is 1.90 bits per heavy atom. The number of nitrogens with two attached hydrogens (primary N) is 1. The van der Waals surface area contributed by atoms with Gasteiger partial charge in [0.05, 0.1) is 11.7 Å². The van der Waals surface area contributed by atoms with E-state index in [0.29, 0.717) is 24.7 Å². The number of nitrogens with zero attached hydrogens (tertiary/aromatic N) is 3. The second kappa shape index (κ2) is 10.6. The van der Waals surface area contributed by atoms with Crippen LogP contribution in [0.2, 0.25) is 5.02 Å². The molecule has 2 aromatic carbocycles. The molecule has 31 heavy (non-hydrogen) atoms. The topological polar surface area (TPSA) is 64.2 Å². The zero-order valence-electron chi connectivity index (χ0n) is 18.5. The van der Waals surface area contributed by atoms with Crippen molar-refractivity contribution >= 4 is 17.5 Å². The summed E-state index contributed by atoms with van der Waals surface area (Å²) in [5.41, 5.74) is 8.73. The molecule has 3 aromatic rings. The molecule has 6 heteroatoms. The molecule has 1 atom stereocenters. The lowest BCUT2D eigenvalue weighted by molar-refractivity contribution is -0.132. The molecule has 3 rings (SSSR count). The number of imidazole rings is 1. The Balaban J connectivity index is 2.10. The van der Waals surface area contributed by atoms with Gasteiger partial charge in [-0.1, -0.05) is 67.9 Å². The zero-order chi connectivity index (χ0) is 22.4. The van der Waals surface area contributed by atoms with Crippen molar-refractivity contribution in [2.24, 2.45) is 11.7 Å². The van der Waals surface area contributed by atoms with Gasteiger partial charge in [0.15, 0.2) is 0 Å². The van der Waals surface area contributed by atoms with Crippen molar-refractivity contribution in [2.45, 2.75) is 39.8 Å². The van der Waals surface area contributed by atoms with Gasteiger partial charge < -0.3 is 15.2 Å². The summed E-state index contributed by atoms with van der Waals surface area (Å²) in [5, 5.41) is 0.672. The van der Waals surface area contributed by atoms with E-state index in [2.05, 4.69) is 36.7 Å². The van der Waals surface area contributed by atoms with Crippen molar-refractivity contribution in [1.82, 2.24) is 14.5 Å². The highest BCUT2D eigenvalue weighted by molar-refractivity contribution is 6.30. The Kier molecular flexibility index (Phi) is 7.88. The Hall–Kier alpha value is -2.63. The predicted octanol–water partition coefficient (Wildman–Crippen LogP) is 5.15. The van der Waals surface area contributed by atoms with Crippen molar-refractivity contribution in [3.05, 3.63) is 77.2 Å². The lowest BCUT2D eigenvalue weighted by Gasteiger charge is -2.33. The van der Waals surface area contributed by atoms with Gasteiger partial charge in [0, 0.05) is 36.8 Å². The molecule has 0 bridgehead atoms. The number of benzene rings is 2. The van der Waals surface area contributed by atoms with Crippen molar-refractivity contribution in [3.63, 3.8) is 0 Å². The van der Waals surface area contributed by atoms with E-state index in [1.807, 2.05) is 47.4 Å². The lowest BCUT2D eigenvalue weighted by atomic mass is 10.0. The van der Waals surface area contributed by atoms with Crippen LogP contribution >= 0.6 is 11.6 Å². The smallest absolute Gasteiger partial charge is 0.220 e.